The van der Waals surface area contributed by atoms with Gasteiger partial charge < -0.3 is 15.3 Å². The molecule has 8 heteroatoms. The molecule has 0 radical (unpaired) electrons. The average molecular weight is 469 g/mol. The van der Waals surface area contributed by atoms with Gasteiger partial charge in [-0.2, -0.15) is 0 Å². The maximum atomic E-state index is 13.2. The first kappa shape index (κ1) is 23.6. The average Bonchev–Trinajstić information content (AvgIpc) is 2.89. The van der Waals surface area contributed by atoms with Crippen LogP contribution in [-0.4, -0.2) is 39.9 Å². The van der Waals surface area contributed by atoms with Crippen molar-refractivity contribution in [2.24, 2.45) is 5.18 Å². The summed E-state index contributed by atoms with van der Waals surface area (Å²) in [4.78, 5) is 51.0. The Morgan fingerprint density at radius 1 is 0.886 bits per heavy atom. The van der Waals surface area contributed by atoms with Crippen LogP contribution in [0.25, 0.3) is 6.08 Å². The van der Waals surface area contributed by atoms with E-state index in [0.29, 0.717) is 11.1 Å². The molecule has 0 spiro atoms. The Labute approximate surface area is 201 Å². The number of aliphatic carboxylic acids is 1. The fraction of sp³-hybridized carbons (Fsp3) is 0.148. The number of carbonyl (C=O) groups excluding carboxylic acids is 2. The van der Waals surface area contributed by atoms with E-state index >= 15 is 0 Å². The zero-order chi connectivity index (χ0) is 24.8. The Balaban J connectivity index is 1.64. The number of β-lactam (4-membered cyclic amide) rings is 1. The maximum absolute atomic E-state index is 13.2. The predicted octanol–water partition coefficient (Wildman–Crippen LogP) is 3.73. The third-order valence-electron chi connectivity index (χ3n) is 5.86. The van der Waals surface area contributed by atoms with Gasteiger partial charge in [0.25, 0.3) is 5.91 Å². The Morgan fingerprint density at radius 3 is 1.97 bits per heavy atom. The second kappa shape index (κ2) is 10.6. The summed E-state index contributed by atoms with van der Waals surface area (Å²) in [5.74, 6) is -2.48. The van der Waals surface area contributed by atoms with Crippen molar-refractivity contribution in [2.45, 2.75) is 24.2 Å². The van der Waals surface area contributed by atoms with Crippen LogP contribution >= 0.6 is 0 Å². The largest absolute Gasteiger partial charge is 0.479 e. The van der Waals surface area contributed by atoms with Gasteiger partial charge in [0.2, 0.25) is 5.91 Å². The van der Waals surface area contributed by atoms with Crippen LogP contribution in [0.4, 0.5) is 0 Å². The summed E-state index contributed by atoms with van der Waals surface area (Å²) in [6.07, 6.45) is 3.45. The highest BCUT2D eigenvalue weighted by atomic mass is 16.4. The monoisotopic (exact) mass is 469 g/mol. The fourth-order valence-electron chi connectivity index (χ4n) is 4.14. The van der Waals surface area contributed by atoms with Crippen LogP contribution in [0.3, 0.4) is 0 Å². The highest BCUT2D eigenvalue weighted by Crippen LogP contribution is 2.34. The summed E-state index contributed by atoms with van der Waals surface area (Å²) >= 11 is 0. The lowest BCUT2D eigenvalue weighted by atomic mass is 9.88. The standard InChI is InChI=1S/C27H23N3O5/c31-25(22(29-35)19-12-6-2-7-13-19)28-23-21(17-16-18-10-4-1-5-11-18)30(26(23)32)24(27(33)34)20-14-8-3-9-15-20/h1-17,21-24H,(H,28,31)(H,33,34)/t21-,22?,23-,24?/m1/s1. The van der Waals surface area contributed by atoms with E-state index in [4.69, 9.17) is 0 Å². The van der Waals surface area contributed by atoms with Gasteiger partial charge in [0.05, 0.1) is 6.04 Å². The Kier molecular flexibility index (Phi) is 7.11. The summed E-state index contributed by atoms with van der Waals surface area (Å²) < 4.78 is 0. The molecule has 2 N–H and O–H groups in total. The van der Waals surface area contributed by atoms with Crippen molar-refractivity contribution in [1.29, 1.82) is 0 Å². The molecule has 1 fully saturated rings. The van der Waals surface area contributed by atoms with Gasteiger partial charge in [-0.25, -0.2) is 4.79 Å². The van der Waals surface area contributed by atoms with E-state index in [-0.39, 0.29) is 0 Å². The van der Waals surface area contributed by atoms with Gasteiger partial charge in [0.15, 0.2) is 12.1 Å². The molecule has 35 heavy (non-hydrogen) atoms. The van der Waals surface area contributed by atoms with Crippen molar-refractivity contribution in [3.05, 3.63) is 119 Å². The van der Waals surface area contributed by atoms with E-state index in [9.17, 15) is 24.4 Å². The normalized spacial score (nSPS) is 19.0. The fourth-order valence-corrected chi connectivity index (χ4v) is 4.14. The molecule has 1 saturated heterocycles. The van der Waals surface area contributed by atoms with E-state index < -0.39 is 42.0 Å². The molecule has 4 rings (SSSR count). The second-order valence-corrected chi connectivity index (χ2v) is 8.06. The number of carbonyl (C=O) groups is 3. The summed E-state index contributed by atoms with van der Waals surface area (Å²) in [7, 11) is 0. The van der Waals surface area contributed by atoms with E-state index in [1.807, 2.05) is 30.3 Å². The number of hydrogen-bond acceptors (Lipinski definition) is 5. The van der Waals surface area contributed by atoms with Crippen molar-refractivity contribution < 1.29 is 19.5 Å². The molecule has 0 aromatic heterocycles. The Bertz CT molecular complexity index is 1230. The quantitative estimate of drug-likeness (QED) is 0.366. The molecule has 0 saturated carbocycles. The molecule has 3 aromatic rings. The van der Waals surface area contributed by atoms with Crippen molar-refractivity contribution in [1.82, 2.24) is 10.2 Å². The molecule has 0 bridgehead atoms. The number of likely N-dealkylation sites (tertiary alicyclic amines) is 1. The number of carboxylic acid groups (broad SMARTS) is 1. The van der Waals surface area contributed by atoms with E-state index in [1.165, 1.54) is 4.90 Å². The van der Waals surface area contributed by atoms with Crippen LogP contribution in [0.5, 0.6) is 0 Å². The first-order valence-electron chi connectivity index (χ1n) is 11.0. The summed E-state index contributed by atoms with van der Waals surface area (Å²) in [5.41, 5.74) is 1.68. The third-order valence-corrected chi connectivity index (χ3v) is 5.86. The third kappa shape index (κ3) is 5.01. The topological polar surface area (TPSA) is 116 Å². The molecular weight excluding hydrogens is 446 g/mol. The molecule has 3 aromatic carbocycles. The molecule has 1 aliphatic rings. The lowest BCUT2D eigenvalue weighted by Gasteiger charge is -2.48. The van der Waals surface area contributed by atoms with Gasteiger partial charge in [0, 0.05) is 0 Å². The first-order chi connectivity index (χ1) is 17.0. The van der Waals surface area contributed by atoms with Crippen molar-refractivity contribution >= 4 is 23.9 Å². The predicted molar refractivity (Wildman–Crippen MR) is 130 cm³/mol. The lowest BCUT2D eigenvalue weighted by molar-refractivity contribution is -0.164. The number of rotatable bonds is 9. The van der Waals surface area contributed by atoms with Crippen molar-refractivity contribution in [3.8, 4) is 0 Å². The molecule has 1 heterocycles. The number of nitrogens with one attached hydrogen (secondary N) is 1. The maximum Gasteiger partial charge on any atom is 0.331 e. The first-order valence-corrected chi connectivity index (χ1v) is 11.0. The van der Waals surface area contributed by atoms with Gasteiger partial charge in [-0.3, -0.25) is 9.59 Å². The zero-order valence-corrected chi connectivity index (χ0v) is 18.6. The van der Waals surface area contributed by atoms with Crippen LogP contribution in [-0.2, 0) is 14.4 Å². The summed E-state index contributed by atoms with van der Waals surface area (Å²) in [6.45, 7) is 0. The highest BCUT2D eigenvalue weighted by molar-refractivity contribution is 5.98. The van der Waals surface area contributed by atoms with E-state index in [2.05, 4.69) is 10.5 Å². The molecule has 0 aliphatic carbocycles. The molecule has 176 valence electrons. The van der Waals surface area contributed by atoms with Crippen LogP contribution in [0.1, 0.15) is 28.8 Å². The molecule has 2 unspecified atom stereocenters. The van der Waals surface area contributed by atoms with Crippen LogP contribution in [0, 0.1) is 4.91 Å². The minimum absolute atomic E-state index is 0.396. The van der Waals surface area contributed by atoms with Gasteiger partial charge >= 0.3 is 5.97 Å². The van der Waals surface area contributed by atoms with Crippen molar-refractivity contribution in [3.63, 3.8) is 0 Å². The number of nitrogens with zero attached hydrogens (tertiary/aromatic N) is 2. The SMILES string of the molecule is O=NC(C(=O)N[C@H]1C(=O)N(C(C(=O)O)c2ccccc2)[C@@H]1C=Cc1ccccc1)c1ccccc1. The van der Waals surface area contributed by atoms with Crippen LogP contribution < -0.4 is 5.32 Å². The number of amides is 2. The Morgan fingerprint density at radius 2 is 1.43 bits per heavy atom. The summed E-state index contributed by atoms with van der Waals surface area (Å²) in [5, 5.41) is 15.5. The van der Waals surface area contributed by atoms with E-state index in [0.717, 1.165) is 5.56 Å². The molecule has 1 aliphatic heterocycles. The van der Waals surface area contributed by atoms with Gasteiger partial charge in [-0.05, 0) is 16.7 Å². The Hall–Kier alpha value is -4.59. The van der Waals surface area contributed by atoms with Crippen LogP contribution in [0.15, 0.2) is 102 Å². The van der Waals surface area contributed by atoms with Crippen molar-refractivity contribution in [2.75, 3.05) is 0 Å². The van der Waals surface area contributed by atoms with E-state index in [1.54, 1.807) is 72.8 Å². The number of carboxylic acids is 1. The van der Waals surface area contributed by atoms with Gasteiger partial charge in [-0.15, -0.1) is 4.91 Å². The second-order valence-electron chi connectivity index (χ2n) is 8.06. The number of benzene rings is 3. The zero-order valence-electron chi connectivity index (χ0n) is 18.6. The molecule has 2 amide bonds. The number of nitroso groups, excluding NO2 is 1. The molecule has 8 nitrogen and oxygen atoms in total. The minimum atomic E-state index is -1.33. The lowest BCUT2D eigenvalue weighted by Crippen LogP contribution is -2.71. The van der Waals surface area contributed by atoms with Gasteiger partial charge in [0.1, 0.15) is 6.04 Å². The molecular formula is C27H23N3O5. The highest BCUT2D eigenvalue weighted by Gasteiger charge is 2.52. The smallest absolute Gasteiger partial charge is 0.331 e. The summed E-state index contributed by atoms with van der Waals surface area (Å²) in [6, 6.07) is 21.7. The van der Waals surface area contributed by atoms with Crippen LogP contribution in [0.2, 0.25) is 0 Å². The number of hydrogen-bond donors (Lipinski definition) is 2. The molecule has 4 atom stereocenters. The minimum Gasteiger partial charge on any atom is -0.479 e. The van der Waals surface area contributed by atoms with Gasteiger partial charge in [-0.1, -0.05) is 108 Å².